The van der Waals surface area contributed by atoms with Crippen molar-refractivity contribution in [3.8, 4) is 0 Å². The molecule has 2 aliphatic heterocycles. The van der Waals surface area contributed by atoms with E-state index in [9.17, 15) is 18.3 Å². The number of β-amino-alcohol motifs (C(OH)–C–C–N with tert-alkyl or cyclic N) is 1. The van der Waals surface area contributed by atoms with Gasteiger partial charge in [0, 0.05) is 63.0 Å². The van der Waals surface area contributed by atoms with Gasteiger partial charge in [0.15, 0.2) is 0 Å². The zero-order valence-electron chi connectivity index (χ0n) is 18.1. The van der Waals surface area contributed by atoms with E-state index in [0.29, 0.717) is 11.6 Å². The number of nitrogens with one attached hydrogen (secondary N) is 2. The summed E-state index contributed by atoms with van der Waals surface area (Å²) in [5.74, 6) is -2.66. The van der Waals surface area contributed by atoms with Crippen LogP contribution in [0.1, 0.15) is 20.3 Å². The third-order valence-corrected chi connectivity index (χ3v) is 5.54. The Hall–Kier alpha value is -2.30. The van der Waals surface area contributed by atoms with Crippen molar-refractivity contribution in [2.75, 3.05) is 54.4 Å². The SMILES string of the molecule is CC.OC1CN(c2cc(N3CCNCC3)cc(Nc3cc(F)c(Cl)cn3)n2)CCC1(F)F. The smallest absolute Gasteiger partial charge is 0.276 e. The lowest BCUT2D eigenvalue weighted by Gasteiger charge is -2.37. The molecular weight excluding hydrogens is 445 g/mol. The number of aliphatic hydroxyl groups excluding tert-OH is 1. The molecule has 3 N–H and O–H groups in total. The van der Waals surface area contributed by atoms with E-state index >= 15 is 0 Å². The Balaban J connectivity index is 0.00000141. The molecule has 2 aromatic rings. The molecular formula is C21H28ClF3N6O. The van der Waals surface area contributed by atoms with Crippen LogP contribution in [0.3, 0.4) is 0 Å². The van der Waals surface area contributed by atoms with Crippen molar-refractivity contribution >= 4 is 34.7 Å². The Morgan fingerprint density at radius 2 is 1.84 bits per heavy atom. The van der Waals surface area contributed by atoms with Gasteiger partial charge in [0.05, 0.1) is 17.8 Å². The predicted octanol–water partition coefficient (Wildman–Crippen LogP) is 3.65. The average Bonchev–Trinajstić information content (AvgIpc) is 2.80. The Kier molecular flexibility index (Phi) is 8.02. The number of hydrogen-bond donors (Lipinski definition) is 3. The zero-order valence-corrected chi connectivity index (χ0v) is 18.8. The molecule has 0 bridgehead atoms. The number of piperidine rings is 1. The van der Waals surface area contributed by atoms with Gasteiger partial charge in [-0.3, -0.25) is 0 Å². The highest BCUT2D eigenvalue weighted by atomic mass is 35.5. The van der Waals surface area contributed by atoms with Gasteiger partial charge < -0.3 is 25.5 Å². The van der Waals surface area contributed by atoms with E-state index in [0.717, 1.165) is 37.9 Å². The summed E-state index contributed by atoms with van der Waals surface area (Å²) in [7, 11) is 0. The lowest BCUT2D eigenvalue weighted by Crippen LogP contribution is -2.51. The van der Waals surface area contributed by atoms with E-state index in [-0.39, 0.29) is 23.9 Å². The molecule has 0 saturated carbocycles. The van der Waals surface area contributed by atoms with E-state index in [1.807, 2.05) is 19.9 Å². The largest absolute Gasteiger partial charge is 0.385 e. The summed E-state index contributed by atoms with van der Waals surface area (Å²) in [5.41, 5.74) is 0.852. The van der Waals surface area contributed by atoms with Gasteiger partial charge in [-0.05, 0) is 0 Å². The molecule has 0 amide bonds. The summed E-state index contributed by atoms with van der Waals surface area (Å²) in [6, 6.07) is 4.78. The quantitative estimate of drug-likeness (QED) is 0.627. The topological polar surface area (TPSA) is 76.6 Å². The van der Waals surface area contributed by atoms with Crippen LogP contribution >= 0.6 is 11.6 Å². The number of alkyl halides is 2. The van der Waals surface area contributed by atoms with Crippen LogP contribution in [-0.4, -0.2) is 66.4 Å². The van der Waals surface area contributed by atoms with Crippen molar-refractivity contribution in [2.24, 2.45) is 0 Å². The molecule has 7 nitrogen and oxygen atoms in total. The van der Waals surface area contributed by atoms with Crippen LogP contribution in [0, 0.1) is 5.82 Å². The van der Waals surface area contributed by atoms with Crippen LogP contribution in [0.15, 0.2) is 24.4 Å². The fourth-order valence-electron chi connectivity index (χ4n) is 3.54. The lowest BCUT2D eigenvalue weighted by atomic mass is 10.0. The summed E-state index contributed by atoms with van der Waals surface area (Å²) in [5, 5.41) is 16.0. The third-order valence-electron chi connectivity index (χ3n) is 5.26. The first-order chi connectivity index (χ1) is 15.3. The van der Waals surface area contributed by atoms with E-state index < -0.39 is 24.3 Å². The van der Waals surface area contributed by atoms with Gasteiger partial charge in [0.25, 0.3) is 5.92 Å². The van der Waals surface area contributed by atoms with Crippen LogP contribution in [-0.2, 0) is 0 Å². The predicted molar refractivity (Wildman–Crippen MR) is 121 cm³/mol. The molecule has 176 valence electrons. The van der Waals surface area contributed by atoms with Crippen molar-refractivity contribution in [2.45, 2.75) is 32.3 Å². The molecule has 11 heteroatoms. The number of rotatable bonds is 4. The van der Waals surface area contributed by atoms with Crippen LogP contribution < -0.4 is 20.4 Å². The van der Waals surface area contributed by atoms with Crippen molar-refractivity contribution in [1.82, 2.24) is 15.3 Å². The maximum Gasteiger partial charge on any atom is 0.276 e. The summed E-state index contributed by atoms with van der Waals surface area (Å²) >= 11 is 5.69. The highest BCUT2D eigenvalue weighted by molar-refractivity contribution is 6.30. The number of hydrogen-bond acceptors (Lipinski definition) is 7. The molecule has 2 aliphatic rings. The molecule has 2 aromatic heterocycles. The first-order valence-electron chi connectivity index (χ1n) is 10.7. The molecule has 4 heterocycles. The zero-order chi connectivity index (χ0) is 23.3. The highest BCUT2D eigenvalue weighted by Gasteiger charge is 2.43. The number of nitrogens with zero attached hydrogens (tertiary/aromatic N) is 4. The number of piperazine rings is 1. The number of anilines is 4. The number of aliphatic hydroxyl groups is 1. The minimum atomic E-state index is -3.11. The van der Waals surface area contributed by atoms with Crippen LogP contribution in [0.4, 0.5) is 36.3 Å². The highest BCUT2D eigenvalue weighted by Crippen LogP contribution is 2.33. The van der Waals surface area contributed by atoms with Gasteiger partial charge in [-0.1, -0.05) is 25.4 Å². The summed E-state index contributed by atoms with van der Waals surface area (Å²) in [4.78, 5) is 12.3. The van der Waals surface area contributed by atoms with E-state index in [1.165, 1.54) is 6.20 Å². The molecule has 0 aromatic carbocycles. The minimum absolute atomic E-state index is 0.0648. The molecule has 32 heavy (non-hydrogen) atoms. The molecule has 0 radical (unpaired) electrons. The molecule has 0 aliphatic carbocycles. The van der Waals surface area contributed by atoms with Gasteiger partial charge in [-0.25, -0.2) is 23.1 Å². The first kappa shape index (κ1) is 24.3. The van der Waals surface area contributed by atoms with E-state index in [1.54, 1.807) is 11.0 Å². The van der Waals surface area contributed by atoms with Gasteiger partial charge in [-0.2, -0.15) is 0 Å². The second kappa shape index (κ2) is 10.5. The standard InChI is InChI=1S/C19H22ClF3N6O.C2H6/c20-13-10-25-16(9-14(13)21)26-17-7-12(28-5-2-24-3-6-28)8-18(27-17)29-4-1-19(22,23)15(30)11-29;1-2/h7-10,15,24,30H,1-6,11H2,(H,25,26,27);1-2H3. The molecule has 1 unspecified atom stereocenters. The molecule has 0 spiro atoms. The maximum atomic E-state index is 13.8. The van der Waals surface area contributed by atoms with Crippen LogP contribution in [0.25, 0.3) is 0 Å². The monoisotopic (exact) mass is 472 g/mol. The Morgan fingerprint density at radius 3 is 2.50 bits per heavy atom. The van der Waals surface area contributed by atoms with Gasteiger partial charge in [0.2, 0.25) is 0 Å². The maximum absolute atomic E-state index is 13.8. The molecule has 1 atom stereocenters. The van der Waals surface area contributed by atoms with E-state index in [2.05, 4.69) is 25.5 Å². The molecule has 2 saturated heterocycles. The normalized spacial score (nSPS) is 20.4. The number of aromatic nitrogens is 2. The second-order valence-corrected chi connectivity index (χ2v) is 7.79. The third kappa shape index (κ3) is 5.73. The van der Waals surface area contributed by atoms with Crippen LogP contribution in [0.2, 0.25) is 5.02 Å². The molecule has 4 rings (SSSR count). The second-order valence-electron chi connectivity index (χ2n) is 7.39. The number of pyridine rings is 2. The van der Waals surface area contributed by atoms with Crippen molar-refractivity contribution < 1.29 is 18.3 Å². The lowest BCUT2D eigenvalue weighted by molar-refractivity contribution is -0.118. The molecule has 2 fully saturated rings. The fourth-order valence-corrected chi connectivity index (χ4v) is 3.64. The number of halogens is 4. The van der Waals surface area contributed by atoms with Crippen molar-refractivity contribution in [1.29, 1.82) is 0 Å². The summed E-state index contributed by atoms with van der Waals surface area (Å²) < 4.78 is 41.2. The van der Waals surface area contributed by atoms with Crippen molar-refractivity contribution in [3.63, 3.8) is 0 Å². The Bertz CT molecular complexity index is 913. The first-order valence-corrected chi connectivity index (χ1v) is 11.1. The Labute approximate surface area is 190 Å². The summed E-state index contributed by atoms with van der Waals surface area (Å²) in [6.07, 6.45) is -1.02. The fraction of sp³-hybridized carbons (Fsp3) is 0.524. The Morgan fingerprint density at radius 1 is 1.12 bits per heavy atom. The average molecular weight is 473 g/mol. The minimum Gasteiger partial charge on any atom is -0.385 e. The van der Waals surface area contributed by atoms with Crippen molar-refractivity contribution in [3.05, 3.63) is 35.2 Å². The van der Waals surface area contributed by atoms with Gasteiger partial charge >= 0.3 is 0 Å². The van der Waals surface area contributed by atoms with Gasteiger partial charge in [-0.15, -0.1) is 0 Å². The van der Waals surface area contributed by atoms with Gasteiger partial charge in [0.1, 0.15) is 29.4 Å². The summed E-state index contributed by atoms with van der Waals surface area (Å²) in [6.45, 7) is 7.03. The van der Waals surface area contributed by atoms with Crippen LogP contribution in [0.5, 0.6) is 0 Å². The van der Waals surface area contributed by atoms with E-state index in [4.69, 9.17) is 11.6 Å².